The van der Waals surface area contributed by atoms with Crippen LogP contribution in [0.5, 0.6) is 0 Å². The van der Waals surface area contributed by atoms with Gasteiger partial charge < -0.3 is 5.11 Å². The van der Waals surface area contributed by atoms with Crippen molar-refractivity contribution in [2.24, 2.45) is 5.92 Å². The number of aliphatic carboxylic acids is 1. The maximum atomic E-state index is 12.5. The van der Waals surface area contributed by atoms with Gasteiger partial charge in [-0.15, -0.1) is 0 Å². The molecule has 0 spiro atoms. The highest BCUT2D eigenvalue weighted by Gasteiger charge is 2.40. The van der Waals surface area contributed by atoms with E-state index >= 15 is 0 Å². The van der Waals surface area contributed by atoms with E-state index in [-0.39, 0.29) is 16.1 Å². The number of nitrogens with zero attached hydrogens (tertiary/aromatic N) is 2. The molecule has 1 atom stereocenters. The number of amides is 1. The number of carboxylic acids is 1. The number of thioether (sulfide) groups is 1. The minimum absolute atomic E-state index is 0.146. The summed E-state index contributed by atoms with van der Waals surface area (Å²) in [6, 6.07) is 2.67. The predicted molar refractivity (Wildman–Crippen MR) is 90.1 cm³/mol. The molecule has 1 N–H and O–H groups in total. The van der Waals surface area contributed by atoms with E-state index in [1.165, 1.54) is 4.90 Å². The first-order chi connectivity index (χ1) is 10.4. The summed E-state index contributed by atoms with van der Waals surface area (Å²) in [5.41, 5.74) is 0.777. The van der Waals surface area contributed by atoms with Crippen molar-refractivity contribution in [2.75, 3.05) is 0 Å². The van der Waals surface area contributed by atoms with E-state index in [0.717, 1.165) is 17.3 Å². The zero-order valence-corrected chi connectivity index (χ0v) is 13.9. The summed E-state index contributed by atoms with van der Waals surface area (Å²) in [6.07, 6.45) is 5.32. The predicted octanol–water partition coefficient (Wildman–Crippen LogP) is 2.78. The first-order valence-electron chi connectivity index (χ1n) is 6.80. The summed E-state index contributed by atoms with van der Waals surface area (Å²) in [7, 11) is 0. The van der Waals surface area contributed by atoms with Gasteiger partial charge in [0.05, 0.1) is 4.91 Å². The van der Waals surface area contributed by atoms with Crippen LogP contribution in [-0.2, 0) is 9.59 Å². The molecular formula is C15H16N2O3S2. The van der Waals surface area contributed by atoms with Gasteiger partial charge in [0.1, 0.15) is 10.4 Å². The summed E-state index contributed by atoms with van der Waals surface area (Å²) in [4.78, 5) is 29.6. The molecule has 7 heteroatoms. The molecule has 22 heavy (non-hydrogen) atoms. The molecule has 1 saturated heterocycles. The number of aromatic nitrogens is 1. The summed E-state index contributed by atoms with van der Waals surface area (Å²) in [6.45, 7) is 3.83. The van der Waals surface area contributed by atoms with Crippen LogP contribution in [0.1, 0.15) is 25.8 Å². The van der Waals surface area contributed by atoms with Crippen molar-refractivity contribution in [3.05, 3.63) is 35.0 Å². The lowest BCUT2D eigenvalue weighted by molar-refractivity contribution is -0.145. The van der Waals surface area contributed by atoms with Gasteiger partial charge >= 0.3 is 5.97 Å². The second kappa shape index (κ2) is 7.02. The zero-order chi connectivity index (χ0) is 16.3. The molecule has 0 radical (unpaired) electrons. The Hall–Kier alpha value is -1.73. The normalized spacial score (nSPS) is 18.3. The van der Waals surface area contributed by atoms with Gasteiger partial charge in [0.15, 0.2) is 0 Å². The fourth-order valence-corrected chi connectivity index (χ4v) is 3.48. The van der Waals surface area contributed by atoms with Crippen LogP contribution < -0.4 is 0 Å². The molecule has 1 unspecified atom stereocenters. The standard InChI is InChI=1S/C15H16N2O3S2/c1-9(2)6-11(14(19)20)17-13(18)12(22-15(17)21)7-10-4-3-5-16-8-10/h3-5,7-9,11H,6H2,1-2H3,(H,19,20). The molecule has 116 valence electrons. The van der Waals surface area contributed by atoms with Crippen molar-refractivity contribution in [1.29, 1.82) is 0 Å². The van der Waals surface area contributed by atoms with Gasteiger partial charge in [-0.2, -0.15) is 0 Å². The van der Waals surface area contributed by atoms with Crippen LogP contribution in [0.3, 0.4) is 0 Å². The van der Waals surface area contributed by atoms with Crippen LogP contribution >= 0.6 is 24.0 Å². The molecule has 1 aromatic rings. The van der Waals surface area contributed by atoms with E-state index in [1.54, 1.807) is 24.5 Å². The van der Waals surface area contributed by atoms with E-state index in [1.807, 2.05) is 19.9 Å². The third-order valence-electron chi connectivity index (χ3n) is 3.10. The largest absolute Gasteiger partial charge is 0.480 e. The van der Waals surface area contributed by atoms with Crippen molar-refractivity contribution in [3.63, 3.8) is 0 Å². The molecule has 5 nitrogen and oxygen atoms in total. The Morgan fingerprint density at radius 1 is 1.55 bits per heavy atom. The van der Waals surface area contributed by atoms with Crippen LogP contribution in [0.25, 0.3) is 6.08 Å². The van der Waals surface area contributed by atoms with Gasteiger partial charge in [0.2, 0.25) is 0 Å². The van der Waals surface area contributed by atoms with Crippen LogP contribution in [0.2, 0.25) is 0 Å². The Labute approximate surface area is 138 Å². The number of carboxylic acid groups (broad SMARTS) is 1. The van der Waals surface area contributed by atoms with Crippen LogP contribution in [-0.4, -0.2) is 37.2 Å². The van der Waals surface area contributed by atoms with E-state index < -0.39 is 12.0 Å². The van der Waals surface area contributed by atoms with Gasteiger partial charge in [-0.05, 0) is 30.0 Å². The molecule has 0 bridgehead atoms. The van der Waals surface area contributed by atoms with E-state index in [2.05, 4.69) is 4.98 Å². The Balaban J connectivity index is 2.28. The van der Waals surface area contributed by atoms with E-state index in [0.29, 0.717) is 11.3 Å². The molecule has 0 aliphatic carbocycles. The smallest absolute Gasteiger partial charge is 0.326 e. The number of carbonyl (C=O) groups excluding carboxylic acids is 1. The van der Waals surface area contributed by atoms with Gasteiger partial charge in [0.25, 0.3) is 5.91 Å². The first kappa shape index (κ1) is 16.6. The Bertz CT molecular complexity index is 629. The van der Waals surface area contributed by atoms with Crippen LogP contribution in [0, 0.1) is 5.92 Å². The van der Waals surface area contributed by atoms with Gasteiger partial charge in [-0.25, -0.2) is 4.79 Å². The van der Waals surface area contributed by atoms with Crippen molar-refractivity contribution in [3.8, 4) is 0 Å². The molecule has 0 saturated carbocycles. The van der Waals surface area contributed by atoms with Crippen molar-refractivity contribution >= 4 is 46.3 Å². The monoisotopic (exact) mass is 336 g/mol. The Morgan fingerprint density at radius 2 is 2.27 bits per heavy atom. The topological polar surface area (TPSA) is 70.5 Å². The number of thiocarbonyl (C=S) groups is 1. The number of pyridine rings is 1. The maximum absolute atomic E-state index is 12.5. The highest BCUT2D eigenvalue weighted by atomic mass is 32.2. The molecule has 2 heterocycles. The summed E-state index contributed by atoms with van der Waals surface area (Å²) in [5, 5.41) is 9.40. The average molecular weight is 336 g/mol. The molecule has 1 amide bonds. The molecule has 1 fully saturated rings. The number of rotatable bonds is 5. The zero-order valence-electron chi connectivity index (χ0n) is 12.2. The lowest BCUT2D eigenvalue weighted by atomic mass is 10.0. The average Bonchev–Trinajstić information content (AvgIpc) is 2.72. The fourth-order valence-electron chi connectivity index (χ4n) is 2.12. The minimum atomic E-state index is -1.03. The fraction of sp³-hybridized carbons (Fsp3) is 0.333. The maximum Gasteiger partial charge on any atom is 0.326 e. The first-order valence-corrected chi connectivity index (χ1v) is 8.02. The molecule has 1 aliphatic rings. The number of carbonyl (C=O) groups is 2. The minimum Gasteiger partial charge on any atom is -0.480 e. The third kappa shape index (κ3) is 3.72. The molecule has 0 aromatic carbocycles. The van der Waals surface area contributed by atoms with Crippen LogP contribution in [0.4, 0.5) is 0 Å². The Kier molecular flexibility index (Phi) is 5.31. The Morgan fingerprint density at radius 3 is 2.82 bits per heavy atom. The molecule has 1 aromatic heterocycles. The summed E-state index contributed by atoms with van der Waals surface area (Å²) in [5.74, 6) is -1.24. The van der Waals surface area contributed by atoms with E-state index in [9.17, 15) is 14.7 Å². The third-order valence-corrected chi connectivity index (χ3v) is 4.43. The number of hydrogen-bond donors (Lipinski definition) is 1. The quantitative estimate of drug-likeness (QED) is 0.658. The van der Waals surface area contributed by atoms with Gasteiger partial charge in [-0.3, -0.25) is 14.7 Å². The van der Waals surface area contributed by atoms with Crippen molar-refractivity contribution in [1.82, 2.24) is 9.88 Å². The SMILES string of the molecule is CC(C)CC(C(=O)O)N1C(=O)C(=Cc2cccnc2)SC1=S. The second-order valence-electron chi connectivity index (χ2n) is 5.32. The lowest BCUT2D eigenvalue weighted by Gasteiger charge is -2.24. The molecule has 2 rings (SSSR count). The van der Waals surface area contributed by atoms with Crippen LogP contribution in [0.15, 0.2) is 29.4 Å². The second-order valence-corrected chi connectivity index (χ2v) is 7.00. The molecular weight excluding hydrogens is 320 g/mol. The molecule has 1 aliphatic heterocycles. The number of hydrogen-bond acceptors (Lipinski definition) is 5. The van der Waals surface area contributed by atoms with E-state index in [4.69, 9.17) is 12.2 Å². The van der Waals surface area contributed by atoms with Crippen molar-refractivity contribution in [2.45, 2.75) is 26.3 Å². The van der Waals surface area contributed by atoms with Gasteiger partial charge in [-0.1, -0.05) is 43.9 Å². The highest BCUT2D eigenvalue weighted by Crippen LogP contribution is 2.35. The van der Waals surface area contributed by atoms with Crippen molar-refractivity contribution < 1.29 is 14.7 Å². The summed E-state index contributed by atoms with van der Waals surface area (Å²) < 4.78 is 0.285. The lowest BCUT2D eigenvalue weighted by Crippen LogP contribution is -2.44. The summed E-state index contributed by atoms with van der Waals surface area (Å²) >= 11 is 6.33. The highest BCUT2D eigenvalue weighted by molar-refractivity contribution is 8.26. The van der Waals surface area contributed by atoms with Gasteiger partial charge in [0, 0.05) is 12.4 Å².